The van der Waals surface area contributed by atoms with Crippen LogP contribution in [0.25, 0.3) is 0 Å². The molecule has 178 valence electrons. The number of hydrogen-bond donors (Lipinski definition) is 4. The second-order valence-corrected chi connectivity index (χ2v) is 6.81. The third-order valence-corrected chi connectivity index (χ3v) is 4.45. The summed E-state index contributed by atoms with van der Waals surface area (Å²) in [6.07, 6.45) is -7.39. The highest BCUT2D eigenvalue weighted by Crippen LogP contribution is 2.28. The van der Waals surface area contributed by atoms with Crippen molar-refractivity contribution in [3.8, 4) is 0 Å². The minimum absolute atomic E-state index is 0.0646. The summed E-state index contributed by atoms with van der Waals surface area (Å²) in [4.78, 5) is 27.2. The zero-order valence-corrected chi connectivity index (χ0v) is 16.4. The fourth-order valence-electron chi connectivity index (χ4n) is 3.07. The van der Waals surface area contributed by atoms with E-state index in [0.717, 1.165) is 4.57 Å². The van der Waals surface area contributed by atoms with Crippen LogP contribution in [0.1, 0.15) is 23.6 Å². The lowest BCUT2D eigenvalue weighted by Gasteiger charge is -2.20. The molecule has 4 N–H and O–H groups in total. The van der Waals surface area contributed by atoms with Crippen LogP contribution < -0.4 is 16.2 Å². The molecule has 2 heterocycles. The number of carbonyl (C=O) groups excluding carboxylic acids is 1. The van der Waals surface area contributed by atoms with E-state index in [2.05, 4.69) is 26.0 Å². The molecule has 1 aliphatic heterocycles. The maximum absolute atomic E-state index is 13.9. The van der Waals surface area contributed by atoms with E-state index in [4.69, 9.17) is 5.11 Å². The van der Waals surface area contributed by atoms with Crippen LogP contribution in [-0.2, 0) is 23.9 Å². The molecule has 10 nitrogen and oxygen atoms in total. The van der Waals surface area contributed by atoms with Crippen molar-refractivity contribution in [2.75, 3.05) is 6.54 Å². The molecular weight excluding hydrogens is 464 g/mol. The average molecular weight is 479 g/mol. The molecule has 0 bridgehead atoms. The summed E-state index contributed by atoms with van der Waals surface area (Å²) in [7, 11) is 0. The second kappa shape index (κ2) is 9.33. The number of aliphatic imine (C=N–C) groups is 1. The van der Waals surface area contributed by atoms with Crippen LogP contribution >= 0.6 is 0 Å². The van der Waals surface area contributed by atoms with Crippen LogP contribution in [0.3, 0.4) is 0 Å². The van der Waals surface area contributed by atoms with Gasteiger partial charge < -0.3 is 10.4 Å². The summed E-state index contributed by atoms with van der Waals surface area (Å²) in [5.41, 5.74) is 4.04. The van der Waals surface area contributed by atoms with Gasteiger partial charge >= 0.3 is 12.3 Å². The smallest absolute Gasteiger partial charge is 0.451 e. The van der Waals surface area contributed by atoms with Crippen molar-refractivity contribution in [3.63, 3.8) is 0 Å². The Labute approximate surface area is 180 Å². The Balaban J connectivity index is 1.66. The lowest BCUT2D eigenvalue weighted by Crippen LogP contribution is -2.47. The number of nitrogens with zero attached hydrogens (tertiary/aromatic N) is 4. The lowest BCUT2D eigenvalue weighted by molar-refractivity contribution is -0.147. The van der Waals surface area contributed by atoms with E-state index in [1.165, 1.54) is 0 Å². The molecule has 2 amide bonds. The Kier molecular flexibility index (Phi) is 6.73. The molecule has 1 aromatic carbocycles. The SMILES string of the molecule is O=C(O)N[C@@H](CC(=O)NNC1=NCCn2c1nnc2C(F)(F)F)Cc1cc(F)c(F)cc1F. The molecule has 0 aliphatic carbocycles. The third-order valence-electron chi connectivity index (χ3n) is 4.45. The van der Waals surface area contributed by atoms with Gasteiger partial charge in [0.25, 0.3) is 0 Å². The van der Waals surface area contributed by atoms with E-state index >= 15 is 0 Å². The highest BCUT2D eigenvalue weighted by atomic mass is 19.4. The van der Waals surface area contributed by atoms with E-state index in [1.807, 2.05) is 5.32 Å². The van der Waals surface area contributed by atoms with Gasteiger partial charge in [-0.1, -0.05) is 0 Å². The molecule has 16 heteroatoms. The molecule has 0 saturated carbocycles. The number of aromatic nitrogens is 3. The summed E-state index contributed by atoms with van der Waals surface area (Å²) in [6, 6.07) is -0.423. The van der Waals surface area contributed by atoms with Crippen LogP contribution in [0, 0.1) is 17.5 Å². The summed E-state index contributed by atoms with van der Waals surface area (Å²) in [5.74, 6) is -6.53. The number of rotatable bonds is 5. The monoisotopic (exact) mass is 479 g/mol. The highest BCUT2D eigenvalue weighted by Gasteiger charge is 2.39. The van der Waals surface area contributed by atoms with Crippen LogP contribution in [-0.4, -0.2) is 50.3 Å². The molecule has 1 aromatic heterocycles. The number of amidine groups is 1. The lowest BCUT2D eigenvalue weighted by atomic mass is 10.0. The fraction of sp³-hybridized carbons (Fsp3) is 0.353. The normalized spacial score (nSPS) is 14.2. The van der Waals surface area contributed by atoms with Crippen LogP contribution in [0.4, 0.5) is 31.1 Å². The predicted molar refractivity (Wildman–Crippen MR) is 97.3 cm³/mol. The number of halogens is 6. The zero-order chi connectivity index (χ0) is 24.3. The molecule has 0 radical (unpaired) electrons. The quantitative estimate of drug-likeness (QED) is 0.291. The molecule has 2 aromatic rings. The minimum atomic E-state index is -4.75. The molecule has 0 saturated heterocycles. The summed E-state index contributed by atoms with van der Waals surface area (Å²) >= 11 is 0. The average Bonchev–Trinajstić information content (AvgIpc) is 3.15. The Bertz CT molecular complexity index is 1100. The van der Waals surface area contributed by atoms with E-state index in [1.54, 1.807) is 0 Å². The Morgan fingerprint density at radius 3 is 2.48 bits per heavy atom. The molecule has 3 rings (SSSR count). The van der Waals surface area contributed by atoms with E-state index in [9.17, 15) is 35.9 Å². The summed E-state index contributed by atoms with van der Waals surface area (Å²) in [5, 5.41) is 17.4. The standard InChI is InChI=1S/C17H15F6N7O3/c18-9-6-11(20)10(19)4-7(9)3-8(25-16(32)33)5-12(31)26-27-13-14-28-29-15(17(21,22)23)30(14)2-1-24-13/h4,6,8,25H,1-3,5H2,(H,24,27)(H,26,31)(H,32,33)/t8-/m1/s1. The van der Waals surface area contributed by atoms with Crippen LogP contribution in [0.5, 0.6) is 0 Å². The van der Waals surface area contributed by atoms with E-state index in [0.29, 0.717) is 6.07 Å². The first-order valence-corrected chi connectivity index (χ1v) is 9.18. The molecule has 0 fully saturated rings. The van der Waals surface area contributed by atoms with Gasteiger partial charge in [0.15, 0.2) is 17.5 Å². The fourth-order valence-corrected chi connectivity index (χ4v) is 3.07. The Morgan fingerprint density at radius 2 is 1.82 bits per heavy atom. The second-order valence-electron chi connectivity index (χ2n) is 6.81. The molecule has 0 unspecified atom stereocenters. The number of hydrogen-bond acceptors (Lipinski definition) is 6. The number of benzene rings is 1. The van der Waals surface area contributed by atoms with Crippen molar-refractivity contribution in [2.45, 2.75) is 31.6 Å². The predicted octanol–water partition coefficient (Wildman–Crippen LogP) is 1.36. The highest BCUT2D eigenvalue weighted by molar-refractivity contribution is 5.97. The number of nitrogens with one attached hydrogen (secondary N) is 3. The van der Waals surface area contributed by atoms with Gasteiger partial charge in [0, 0.05) is 25.1 Å². The van der Waals surface area contributed by atoms with E-state index < -0.39 is 60.3 Å². The number of carbonyl (C=O) groups is 2. The third kappa shape index (κ3) is 5.69. The largest absolute Gasteiger partial charge is 0.465 e. The Morgan fingerprint density at radius 1 is 1.12 bits per heavy atom. The van der Waals surface area contributed by atoms with Crippen LogP contribution in [0.15, 0.2) is 17.1 Å². The van der Waals surface area contributed by atoms with Gasteiger partial charge in [0.1, 0.15) is 5.82 Å². The van der Waals surface area contributed by atoms with Crippen molar-refractivity contribution in [2.24, 2.45) is 4.99 Å². The summed E-state index contributed by atoms with van der Waals surface area (Å²) in [6.45, 7) is -0.203. The van der Waals surface area contributed by atoms with Crippen LogP contribution in [0.2, 0.25) is 0 Å². The maximum Gasteiger partial charge on any atom is 0.451 e. The van der Waals surface area contributed by atoms with Gasteiger partial charge in [-0.2, -0.15) is 13.2 Å². The molecule has 33 heavy (non-hydrogen) atoms. The van der Waals surface area contributed by atoms with Crippen molar-refractivity contribution in [1.29, 1.82) is 0 Å². The first-order valence-electron chi connectivity index (χ1n) is 9.18. The van der Waals surface area contributed by atoms with Crippen molar-refractivity contribution < 1.29 is 41.0 Å². The number of fused-ring (bicyclic) bond motifs is 1. The maximum atomic E-state index is 13.9. The minimum Gasteiger partial charge on any atom is -0.465 e. The molecular formula is C17H15F6N7O3. The topological polar surface area (TPSA) is 134 Å². The number of carboxylic acid groups (broad SMARTS) is 1. The van der Waals surface area contributed by atoms with Crippen molar-refractivity contribution >= 4 is 17.8 Å². The van der Waals surface area contributed by atoms with Gasteiger partial charge in [-0.25, -0.2) is 18.0 Å². The molecule has 1 atom stereocenters. The van der Waals surface area contributed by atoms with Gasteiger partial charge in [-0.05, 0) is 18.1 Å². The van der Waals surface area contributed by atoms with Crippen molar-refractivity contribution in [1.82, 2.24) is 30.9 Å². The number of hydrazine groups is 1. The molecule has 0 spiro atoms. The first kappa shape index (κ1) is 23.8. The Hall–Kier alpha value is -3.85. The van der Waals surface area contributed by atoms with Gasteiger partial charge in [-0.15, -0.1) is 10.2 Å². The molecule has 1 aliphatic rings. The number of alkyl halides is 3. The van der Waals surface area contributed by atoms with E-state index in [-0.39, 0.29) is 36.4 Å². The van der Waals surface area contributed by atoms with Crippen molar-refractivity contribution in [3.05, 3.63) is 46.8 Å². The van der Waals surface area contributed by atoms with Gasteiger partial charge in [0.05, 0.1) is 6.54 Å². The summed E-state index contributed by atoms with van der Waals surface area (Å²) < 4.78 is 80.0. The van der Waals surface area contributed by atoms with Gasteiger partial charge in [0.2, 0.25) is 17.6 Å². The number of amides is 2. The zero-order valence-electron chi connectivity index (χ0n) is 16.4. The first-order chi connectivity index (χ1) is 15.5. The van der Waals surface area contributed by atoms with Gasteiger partial charge in [-0.3, -0.25) is 25.2 Å².